The first-order chi connectivity index (χ1) is 15.5. The number of fused-ring (bicyclic) bond motifs is 1. The fourth-order valence-electron chi connectivity index (χ4n) is 4.27. The van der Waals surface area contributed by atoms with Crippen LogP contribution in [0.1, 0.15) is 54.1 Å². The molecule has 4 rings (SSSR count). The van der Waals surface area contributed by atoms with Gasteiger partial charge in [-0.15, -0.1) is 0 Å². The third-order valence-corrected chi connectivity index (χ3v) is 6.07. The van der Waals surface area contributed by atoms with Gasteiger partial charge in [0.15, 0.2) is 0 Å². The van der Waals surface area contributed by atoms with Gasteiger partial charge < -0.3 is 15.7 Å². The zero-order valence-corrected chi connectivity index (χ0v) is 18.2. The first-order valence-corrected chi connectivity index (χ1v) is 11.1. The molecule has 0 atom stereocenters. The highest BCUT2D eigenvalue weighted by atomic mass is 16.4. The highest BCUT2D eigenvalue weighted by molar-refractivity contribution is 6.07. The highest BCUT2D eigenvalue weighted by Crippen LogP contribution is 2.23. The number of hydrogen-bond donors (Lipinski definition) is 3. The lowest BCUT2D eigenvalue weighted by Gasteiger charge is -2.14. The Labute approximate surface area is 188 Å². The molecule has 0 spiro atoms. The number of nitrogens with one attached hydrogen (secondary N) is 2. The normalized spacial score (nSPS) is 14.6. The number of carboxylic acids is 1. The Morgan fingerprint density at radius 2 is 1.75 bits per heavy atom. The quantitative estimate of drug-likeness (QED) is 0.427. The van der Waals surface area contributed by atoms with Crippen molar-refractivity contribution in [3.8, 4) is 0 Å². The van der Waals surface area contributed by atoms with Crippen molar-refractivity contribution in [2.75, 3.05) is 5.32 Å². The number of aromatic carboxylic acids is 1. The standard InChI is InChI=1S/C27H28N2O3/c1-18(21-12-11-20-6-2-3-7-22(20)16-21)14-26(30)29-25-15-19(10-13-24(25)27(31)32)17-28-23-8-4-5-9-23/h2-3,6-7,10-16,23,28H,4-5,8-9,17H2,1H3,(H,29,30)(H,31,32)/b18-14-. The van der Waals surface area contributed by atoms with E-state index in [0.29, 0.717) is 18.3 Å². The van der Waals surface area contributed by atoms with Gasteiger partial charge in [0.1, 0.15) is 0 Å². The maximum atomic E-state index is 12.7. The molecule has 1 fully saturated rings. The van der Waals surface area contributed by atoms with E-state index in [2.05, 4.69) is 10.6 Å². The number of anilines is 1. The number of allylic oxidation sites excluding steroid dienone is 1. The molecule has 1 aliphatic rings. The Hall–Kier alpha value is -3.44. The number of rotatable bonds is 7. The van der Waals surface area contributed by atoms with Gasteiger partial charge in [-0.1, -0.05) is 55.3 Å². The van der Waals surface area contributed by atoms with E-state index >= 15 is 0 Å². The van der Waals surface area contributed by atoms with E-state index in [0.717, 1.165) is 27.5 Å². The van der Waals surface area contributed by atoms with E-state index < -0.39 is 5.97 Å². The fourth-order valence-corrected chi connectivity index (χ4v) is 4.27. The molecule has 1 aliphatic carbocycles. The Kier molecular flexibility index (Phi) is 6.66. The molecule has 0 bridgehead atoms. The Morgan fingerprint density at radius 1 is 1.00 bits per heavy atom. The van der Waals surface area contributed by atoms with Crippen molar-refractivity contribution in [2.45, 2.75) is 45.2 Å². The number of hydrogen-bond acceptors (Lipinski definition) is 3. The Bertz CT molecular complexity index is 1180. The van der Waals surface area contributed by atoms with E-state index in [-0.39, 0.29) is 11.5 Å². The summed E-state index contributed by atoms with van der Waals surface area (Å²) in [6, 6.07) is 19.8. The van der Waals surface area contributed by atoms with Crippen LogP contribution in [0.3, 0.4) is 0 Å². The number of carbonyl (C=O) groups excluding carboxylic acids is 1. The van der Waals surface area contributed by atoms with Gasteiger partial charge in [0, 0.05) is 18.7 Å². The Morgan fingerprint density at radius 3 is 2.50 bits per heavy atom. The van der Waals surface area contributed by atoms with Gasteiger partial charge in [0.2, 0.25) is 5.91 Å². The van der Waals surface area contributed by atoms with Crippen molar-refractivity contribution < 1.29 is 14.7 Å². The van der Waals surface area contributed by atoms with Crippen LogP contribution in [0.15, 0.2) is 66.7 Å². The van der Waals surface area contributed by atoms with Crippen LogP contribution < -0.4 is 10.6 Å². The molecular weight excluding hydrogens is 400 g/mol. The second-order valence-corrected chi connectivity index (χ2v) is 8.43. The van der Waals surface area contributed by atoms with Crippen molar-refractivity contribution in [1.29, 1.82) is 0 Å². The fraction of sp³-hybridized carbons (Fsp3) is 0.259. The minimum atomic E-state index is -1.06. The minimum Gasteiger partial charge on any atom is -0.478 e. The van der Waals surface area contributed by atoms with Crippen molar-refractivity contribution in [1.82, 2.24) is 5.32 Å². The smallest absolute Gasteiger partial charge is 0.337 e. The number of amides is 1. The molecule has 3 aromatic rings. The zero-order chi connectivity index (χ0) is 22.5. The molecule has 5 heteroatoms. The third-order valence-electron chi connectivity index (χ3n) is 6.07. The number of carboxylic acid groups (broad SMARTS) is 1. The molecule has 0 aromatic heterocycles. The molecule has 3 aromatic carbocycles. The molecule has 3 N–H and O–H groups in total. The lowest BCUT2D eigenvalue weighted by Crippen LogP contribution is -2.25. The van der Waals surface area contributed by atoms with Gasteiger partial charge in [0.05, 0.1) is 11.3 Å². The second kappa shape index (κ2) is 9.79. The largest absolute Gasteiger partial charge is 0.478 e. The first-order valence-electron chi connectivity index (χ1n) is 11.1. The van der Waals surface area contributed by atoms with Crippen LogP contribution in [0, 0.1) is 0 Å². The molecule has 0 radical (unpaired) electrons. The van der Waals surface area contributed by atoms with E-state index in [4.69, 9.17) is 0 Å². The van der Waals surface area contributed by atoms with Crippen LogP contribution in [0.5, 0.6) is 0 Å². The van der Waals surface area contributed by atoms with Crippen molar-refractivity contribution in [3.63, 3.8) is 0 Å². The molecule has 0 unspecified atom stereocenters. The molecule has 0 aliphatic heterocycles. The molecule has 164 valence electrons. The first kappa shape index (κ1) is 21.8. The van der Waals surface area contributed by atoms with Crippen molar-refractivity contribution in [2.24, 2.45) is 0 Å². The molecular formula is C27H28N2O3. The molecule has 1 amide bonds. The van der Waals surface area contributed by atoms with E-state index in [1.165, 1.54) is 31.8 Å². The Balaban J connectivity index is 1.50. The van der Waals surface area contributed by atoms with Crippen LogP contribution in [0.4, 0.5) is 5.69 Å². The van der Waals surface area contributed by atoms with Crippen LogP contribution in [-0.2, 0) is 11.3 Å². The molecule has 5 nitrogen and oxygen atoms in total. The van der Waals surface area contributed by atoms with Gasteiger partial charge in [-0.25, -0.2) is 4.79 Å². The number of benzene rings is 3. The second-order valence-electron chi connectivity index (χ2n) is 8.43. The molecule has 0 heterocycles. The summed E-state index contributed by atoms with van der Waals surface area (Å²) in [5.74, 6) is -1.41. The zero-order valence-electron chi connectivity index (χ0n) is 18.2. The van der Waals surface area contributed by atoms with Crippen LogP contribution in [0.2, 0.25) is 0 Å². The average Bonchev–Trinajstić information content (AvgIpc) is 3.31. The summed E-state index contributed by atoms with van der Waals surface area (Å²) < 4.78 is 0. The minimum absolute atomic E-state index is 0.0831. The van der Waals surface area contributed by atoms with Crippen LogP contribution in [-0.4, -0.2) is 23.0 Å². The van der Waals surface area contributed by atoms with E-state index in [9.17, 15) is 14.7 Å². The summed E-state index contributed by atoms with van der Waals surface area (Å²) in [5, 5.41) is 18.1. The monoisotopic (exact) mass is 428 g/mol. The summed E-state index contributed by atoms with van der Waals surface area (Å²) in [6.45, 7) is 2.53. The van der Waals surface area contributed by atoms with Gasteiger partial charge in [0.25, 0.3) is 0 Å². The predicted molar refractivity (Wildman–Crippen MR) is 129 cm³/mol. The average molecular weight is 429 g/mol. The summed E-state index contributed by atoms with van der Waals surface area (Å²) in [6.07, 6.45) is 6.37. The van der Waals surface area contributed by atoms with Crippen LogP contribution in [0.25, 0.3) is 16.3 Å². The maximum Gasteiger partial charge on any atom is 0.337 e. The molecule has 0 saturated heterocycles. The van der Waals surface area contributed by atoms with E-state index in [1.807, 2.05) is 49.4 Å². The molecule has 1 saturated carbocycles. The third kappa shape index (κ3) is 5.24. The summed E-state index contributed by atoms with van der Waals surface area (Å²) in [4.78, 5) is 24.4. The number of carbonyl (C=O) groups is 2. The SMILES string of the molecule is C/C(=C/C(=O)Nc1cc(CNC2CCCC2)ccc1C(=O)O)c1ccc2ccccc2c1. The summed E-state index contributed by atoms with van der Waals surface area (Å²) in [5.41, 5.74) is 3.11. The lowest BCUT2D eigenvalue weighted by molar-refractivity contribution is -0.111. The van der Waals surface area contributed by atoms with Gasteiger partial charge in [-0.2, -0.15) is 0 Å². The van der Waals surface area contributed by atoms with Gasteiger partial charge in [-0.05, 0) is 65.4 Å². The molecule has 32 heavy (non-hydrogen) atoms. The van der Waals surface area contributed by atoms with Crippen LogP contribution >= 0.6 is 0 Å². The van der Waals surface area contributed by atoms with Crippen molar-refractivity contribution in [3.05, 3.63) is 83.4 Å². The topological polar surface area (TPSA) is 78.4 Å². The maximum absolute atomic E-state index is 12.7. The summed E-state index contributed by atoms with van der Waals surface area (Å²) in [7, 11) is 0. The highest BCUT2D eigenvalue weighted by Gasteiger charge is 2.16. The van der Waals surface area contributed by atoms with E-state index in [1.54, 1.807) is 18.2 Å². The van der Waals surface area contributed by atoms with Crippen molar-refractivity contribution >= 4 is 33.9 Å². The van der Waals surface area contributed by atoms with Gasteiger partial charge in [-0.3, -0.25) is 4.79 Å². The predicted octanol–water partition coefficient (Wildman–Crippen LogP) is 5.61. The lowest BCUT2D eigenvalue weighted by atomic mass is 10.0. The van der Waals surface area contributed by atoms with Gasteiger partial charge >= 0.3 is 5.97 Å². The summed E-state index contributed by atoms with van der Waals surface area (Å²) >= 11 is 0.